The number of hydrogen-bond donors (Lipinski definition) is 3. The molecule has 0 saturated carbocycles. The van der Waals surface area contributed by atoms with Crippen molar-refractivity contribution in [3.63, 3.8) is 0 Å². The number of ether oxygens (including phenoxy) is 1. The van der Waals surface area contributed by atoms with Gasteiger partial charge in [-0.1, -0.05) is 6.92 Å². The van der Waals surface area contributed by atoms with Gasteiger partial charge in [0, 0.05) is 18.7 Å². The van der Waals surface area contributed by atoms with E-state index < -0.39 is 37.8 Å². The summed E-state index contributed by atoms with van der Waals surface area (Å²) in [4.78, 5) is 12.7. The van der Waals surface area contributed by atoms with Gasteiger partial charge >= 0.3 is 0 Å². The van der Waals surface area contributed by atoms with E-state index in [-0.39, 0.29) is 18.7 Å². The maximum absolute atomic E-state index is 13.2. The molecule has 4 atom stereocenters. The van der Waals surface area contributed by atoms with Crippen LogP contribution in [-0.2, 0) is 14.1 Å². The number of aliphatic hydroxyl groups is 2. The van der Waals surface area contributed by atoms with Crippen molar-refractivity contribution >= 4 is 13.7 Å². The molecule has 0 radical (unpaired) electrons. The van der Waals surface area contributed by atoms with Crippen LogP contribution >= 0.6 is 7.95 Å². The lowest BCUT2D eigenvalue weighted by Gasteiger charge is -2.41. The van der Waals surface area contributed by atoms with Crippen molar-refractivity contribution in [3.05, 3.63) is 0 Å². The molecule has 4 N–H and O–H groups in total. The second-order valence-corrected chi connectivity index (χ2v) is 8.06. The van der Waals surface area contributed by atoms with Crippen LogP contribution < -0.4 is 5.73 Å². The Hall–Kier alpha value is -0.300. The number of rotatable bonds is 11. The summed E-state index contributed by atoms with van der Waals surface area (Å²) in [7, 11) is -3.03. The fraction of sp³-hybridized carbons (Fsp3) is 0.933. The molecule has 0 aliphatic rings. The Kier molecular flexibility index (Phi) is 9.74. The molecule has 7 nitrogen and oxygen atoms in total. The number of carbonyl (C=O) groups excluding carboxylic acids is 1. The van der Waals surface area contributed by atoms with Crippen LogP contribution in [-0.4, -0.2) is 63.5 Å². The molecule has 138 valence electrons. The zero-order valence-corrected chi connectivity index (χ0v) is 16.1. The van der Waals surface area contributed by atoms with Gasteiger partial charge in [-0.05, 0) is 41.0 Å². The Morgan fingerprint density at radius 2 is 1.74 bits per heavy atom. The van der Waals surface area contributed by atoms with E-state index in [4.69, 9.17) is 10.5 Å². The largest absolute Gasteiger partial charge is 0.394 e. The van der Waals surface area contributed by atoms with Crippen molar-refractivity contribution in [3.8, 4) is 0 Å². The van der Waals surface area contributed by atoms with Crippen LogP contribution in [0.25, 0.3) is 0 Å². The summed E-state index contributed by atoms with van der Waals surface area (Å²) in [5.41, 5.74) is 5.79. The summed E-state index contributed by atoms with van der Waals surface area (Å²) in [6.45, 7) is 10.3. The summed E-state index contributed by atoms with van der Waals surface area (Å²) in [6.07, 6.45) is -0.979. The molecule has 0 aromatic carbocycles. The van der Waals surface area contributed by atoms with Gasteiger partial charge < -0.3 is 25.2 Å². The van der Waals surface area contributed by atoms with E-state index in [0.717, 1.165) is 0 Å². The lowest BCUT2D eigenvalue weighted by molar-refractivity contribution is -0.147. The summed E-state index contributed by atoms with van der Waals surface area (Å²) >= 11 is 0. The molecule has 23 heavy (non-hydrogen) atoms. The minimum Gasteiger partial charge on any atom is -0.394 e. The maximum Gasteiger partial charge on any atom is 0.216 e. The van der Waals surface area contributed by atoms with Gasteiger partial charge in [0.25, 0.3) is 0 Å². The average molecular weight is 352 g/mol. The van der Waals surface area contributed by atoms with Crippen molar-refractivity contribution in [2.75, 3.05) is 13.2 Å². The van der Waals surface area contributed by atoms with E-state index in [9.17, 15) is 19.6 Å². The van der Waals surface area contributed by atoms with Crippen molar-refractivity contribution in [1.29, 1.82) is 0 Å². The first kappa shape index (κ1) is 22.7. The molecule has 0 spiro atoms. The average Bonchev–Trinajstić information content (AvgIpc) is 2.49. The van der Waals surface area contributed by atoms with Crippen molar-refractivity contribution < 1.29 is 24.3 Å². The third-order valence-electron chi connectivity index (χ3n) is 3.83. The molecule has 0 fully saturated rings. The second-order valence-electron chi connectivity index (χ2n) is 6.17. The van der Waals surface area contributed by atoms with Gasteiger partial charge in [0.2, 0.25) is 5.34 Å². The summed E-state index contributed by atoms with van der Waals surface area (Å²) < 4.78 is 20.1. The molecule has 0 heterocycles. The van der Waals surface area contributed by atoms with Crippen molar-refractivity contribution in [2.45, 2.75) is 77.5 Å². The zero-order chi connectivity index (χ0) is 18.4. The van der Waals surface area contributed by atoms with Crippen LogP contribution in [0.3, 0.4) is 0 Å². The molecule has 0 aromatic rings. The first-order valence-corrected chi connectivity index (χ1v) is 9.52. The highest BCUT2D eigenvalue weighted by Gasteiger charge is 2.53. The van der Waals surface area contributed by atoms with Gasteiger partial charge in [-0.3, -0.25) is 4.79 Å². The van der Waals surface area contributed by atoms with Crippen LogP contribution in [0, 0.1) is 0 Å². The minimum atomic E-state index is -3.03. The normalized spacial score (nSPS) is 19.0. The van der Waals surface area contributed by atoms with E-state index in [0.29, 0.717) is 6.42 Å². The quantitative estimate of drug-likeness (QED) is 0.475. The van der Waals surface area contributed by atoms with Crippen LogP contribution in [0.5, 0.6) is 0 Å². The Balaban J connectivity index is 6.02. The van der Waals surface area contributed by atoms with Crippen LogP contribution in [0.4, 0.5) is 0 Å². The smallest absolute Gasteiger partial charge is 0.216 e. The zero-order valence-electron chi connectivity index (χ0n) is 15.1. The molecule has 0 rings (SSSR count). The number of hydrogen-bond acceptors (Lipinski definition) is 6. The first-order valence-electron chi connectivity index (χ1n) is 8.16. The number of Topliss-reactive ketones (excluding diaryl/α,β-unsaturated/α-hetero) is 1. The van der Waals surface area contributed by atoms with Gasteiger partial charge in [-0.2, -0.15) is 0 Å². The molecular formula is C15H33N2O5P. The summed E-state index contributed by atoms with van der Waals surface area (Å²) in [5, 5.41) is 18.4. The highest BCUT2D eigenvalue weighted by atomic mass is 31.1. The number of aliphatic hydroxyl groups excluding tert-OH is 1. The molecule has 0 amide bonds. The molecule has 8 heteroatoms. The van der Waals surface area contributed by atoms with Crippen LogP contribution in [0.1, 0.15) is 48.0 Å². The maximum atomic E-state index is 13.2. The highest BCUT2D eigenvalue weighted by Crippen LogP contribution is 2.47. The van der Waals surface area contributed by atoms with E-state index in [1.165, 1.54) is 0 Å². The SMILES string of the molecule is CCOC(CO)C(O)(C(=O)C(N)CC)[PH](=O)N(C(C)C)C(C)C. The number of carbonyl (C=O) groups is 1. The minimum absolute atomic E-state index is 0.153. The van der Waals surface area contributed by atoms with Gasteiger partial charge in [-0.25, -0.2) is 4.67 Å². The predicted octanol–water partition coefficient (Wildman–Crippen LogP) is 0.972. The Bertz CT molecular complexity index is 397. The predicted molar refractivity (Wildman–Crippen MR) is 91.8 cm³/mol. The molecule has 0 aromatic heterocycles. The van der Waals surface area contributed by atoms with Gasteiger partial charge in [0.1, 0.15) is 6.10 Å². The third-order valence-corrected chi connectivity index (χ3v) is 6.55. The number of ketones is 1. The number of nitrogens with two attached hydrogens (primary N) is 1. The fourth-order valence-electron chi connectivity index (χ4n) is 2.64. The van der Waals surface area contributed by atoms with Gasteiger partial charge in [-0.15, -0.1) is 0 Å². The molecular weight excluding hydrogens is 319 g/mol. The summed E-state index contributed by atoms with van der Waals surface area (Å²) in [6, 6.07) is -1.27. The molecule has 0 aliphatic carbocycles. The van der Waals surface area contributed by atoms with E-state index in [2.05, 4.69) is 0 Å². The van der Waals surface area contributed by atoms with E-state index in [1.807, 2.05) is 27.7 Å². The lowest BCUT2D eigenvalue weighted by Crippen LogP contribution is -2.57. The van der Waals surface area contributed by atoms with Crippen LogP contribution in [0.15, 0.2) is 0 Å². The van der Waals surface area contributed by atoms with Gasteiger partial charge in [0.05, 0.1) is 12.6 Å². The van der Waals surface area contributed by atoms with Crippen molar-refractivity contribution in [1.82, 2.24) is 4.67 Å². The lowest BCUT2D eigenvalue weighted by atomic mass is 10.0. The number of nitrogens with zero attached hydrogens (tertiary/aromatic N) is 1. The fourth-order valence-corrected chi connectivity index (χ4v) is 4.82. The van der Waals surface area contributed by atoms with E-state index in [1.54, 1.807) is 18.5 Å². The molecule has 4 unspecified atom stereocenters. The standard InChI is InChI=1S/C15H33N2O5P/c1-7-12(16)14(19)15(20,13(9-18)22-8-2)23(21)17(10(3)4)11(5)6/h10-13,18,20,23H,7-9,16H2,1-6H3. The van der Waals surface area contributed by atoms with Crippen LogP contribution in [0.2, 0.25) is 0 Å². The summed E-state index contributed by atoms with van der Waals surface area (Å²) in [5.74, 6) is -0.748. The third kappa shape index (κ3) is 5.08. The monoisotopic (exact) mass is 352 g/mol. The van der Waals surface area contributed by atoms with E-state index >= 15 is 0 Å². The highest BCUT2D eigenvalue weighted by molar-refractivity contribution is 7.45. The first-order chi connectivity index (χ1) is 10.6. The van der Waals surface area contributed by atoms with Gasteiger partial charge in [0.15, 0.2) is 13.7 Å². The molecule has 0 bridgehead atoms. The Labute approximate surface area is 140 Å². The van der Waals surface area contributed by atoms with Crippen molar-refractivity contribution in [2.24, 2.45) is 5.73 Å². The molecule has 0 saturated heterocycles. The molecule has 0 aliphatic heterocycles. The Morgan fingerprint density at radius 3 is 2.04 bits per heavy atom. The Morgan fingerprint density at radius 1 is 1.26 bits per heavy atom. The second kappa shape index (κ2) is 9.87. The topological polar surface area (TPSA) is 113 Å².